The molecule has 2 aromatic carbocycles. The number of nitrogens with zero attached hydrogens (tertiary/aromatic N) is 3. The minimum Gasteiger partial charge on any atom is -0.359 e. The van der Waals surface area contributed by atoms with E-state index in [0.717, 1.165) is 5.70 Å². The quantitative estimate of drug-likeness (QED) is 0.531. The average molecular weight is 354 g/mol. The monoisotopic (exact) mass is 353 g/mol. The van der Waals surface area contributed by atoms with E-state index >= 15 is 0 Å². The molecule has 7 nitrogen and oxygen atoms in total. The van der Waals surface area contributed by atoms with Crippen LogP contribution >= 0.6 is 11.6 Å². The van der Waals surface area contributed by atoms with Crippen LogP contribution < -0.4 is 5.32 Å². The highest BCUT2D eigenvalue weighted by Gasteiger charge is 2.25. The molecular formula is C17H12ClN5O2. The number of aromatic amines is 1. The van der Waals surface area contributed by atoms with Crippen molar-refractivity contribution in [1.82, 2.24) is 10.2 Å². The lowest BCUT2D eigenvalue weighted by Gasteiger charge is -2.12. The molecule has 1 aliphatic rings. The third-order valence-electron chi connectivity index (χ3n) is 4.01. The highest BCUT2D eigenvalue weighted by molar-refractivity contribution is 6.36. The van der Waals surface area contributed by atoms with Crippen molar-refractivity contribution in [3.63, 3.8) is 0 Å². The molecule has 0 bridgehead atoms. The first-order valence-electron chi connectivity index (χ1n) is 7.48. The molecule has 0 amide bonds. The van der Waals surface area contributed by atoms with Crippen LogP contribution in [0.1, 0.15) is 18.1 Å². The number of aliphatic imine (C=N–C) groups is 1. The Morgan fingerprint density at radius 3 is 2.80 bits per heavy atom. The van der Waals surface area contributed by atoms with E-state index in [4.69, 9.17) is 11.6 Å². The van der Waals surface area contributed by atoms with Gasteiger partial charge < -0.3 is 5.32 Å². The summed E-state index contributed by atoms with van der Waals surface area (Å²) in [6.45, 7) is 1.84. The number of anilines is 1. The van der Waals surface area contributed by atoms with Crippen molar-refractivity contribution in [1.29, 1.82) is 0 Å². The number of nitro groups is 1. The number of non-ortho nitro benzene ring substituents is 1. The molecular weight excluding hydrogens is 342 g/mol. The Labute approximate surface area is 147 Å². The number of rotatable bonds is 2. The first-order valence-corrected chi connectivity index (χ1v) is 7.86. The van der Waals surface area contributed by atoms with E-state index < -0.39 is 4.92 Å². The van der Waals surface area contributed by atoms with Gasteiger partial charge in [-0.15, -0.1) is 0 Å². The molecule has 0 fully saturated rings. The molecule has 0 aliphatic carbocycles. The lowest BCUT2D eigenvalue weighted by Crippen LogP contribution is -2.07. The Balaban J connectivity index is 2.09. The normalized spacial score (nSPS) is 13.5. The number of halogens is 1. The first kappa shape index (κ1) is 15.3. The Morgan fingerprint density at radius 1 is 1.24 bits per heavy atom. The van der Waals surface area contributed by atoms with Crippen molar-refractivity contribution in [3.05, 3.63) is 74.7 Å². The second kappa shape index (κ2) is 5.71. The van der Waals surface area contributed by atoms with Gasteiger partial charge in [-0.1, -0.05) is 29.8 Å². The van der Waals surface area contributed by atoms with Gasteiger partial charge in [0.25, 0.3) is 5.69 Å². The van der Waals surface area contributed by atoms with Crippen molar-refractivity contribution < 1.29 is 4.92 Å². The van der Waals surface area contributed by atoms with Gasteiger partial charge in [-0.05, 0) is 13.0 Å². The average Bonchev–Trinajstić information content (AvgIpc) is 3.01. The maximum absolute atomic E-state index is 11.5. The zero-order chi connectivity index (χ0) is 17.6. The summed E-state index contributed by atoms with van der Waals surface area (Å²) >= 11 is 6.35. The molecule has 25 heavy (non-hydrogen) atoms. The standard InChI is InChI=1S/C17H12ClN5O2/c1-9-7-19-15-11(16(21-9)10-4-2-3-5-13(10)18)6-14(23(24)25)17-12(15)8-20-22-17/h2-8,19H,1H3,(H,20,22). The van der Waals surface area contributed by atoms with Crippen LogP contribution in [0, 0.1) is 10.1 Å². The van der Waals surface area contributed by atoms with Gasteiger partial charge in [0.05, 0.1) is 33.6 Å². The lowest BCUT2D eigenvalue weighted by atomic mass is 9.97. The van der Waals surface area contributed by atoms with Crippen molar-refractivity contribution in [3.8, 4) is 0 Å². The zero-order valence-electron chi connectivity index (χ0n) is 13.1. The van der Waals surface area contributed by atoms with Crippen LogP contribution in [-0.2, 0) is 0 Å². The summed E-state index contributed by atoms with van der Waals surface area (Å²) < 4.78 is 0. The van der Waals surface area contributed by atoms with Gasteiger partial charge in [0.2, 0.25) is 0 Å². The minimum atomic E-state index is -0.434. The molecule has 4 rings (SSSR count). The third-order valence-corrected chi connectivity index (χ3v) is 4.34. The van der Waals surface area contributed by atoms with Gasteiger partial charge in [0, 0.05) is 28.4 Å². The molecule has 0 spiro atoms. The number of aromatic nitrogens is 2. The number of allylic oxidation sites excluding steroid dienone is 1. The summed E-state index contributed by atoms with van der Waals surface area (Å²) in [5.41, 5.74) is 3.61. The number of fused-ring (bicyclic) bond motifs is 3. The number of hydrogen-bond acceptors (Lipinski definition) is 5. The summed E-state index contributed by atoms with van der Waals surface area (Å²) in [6.07, 6.45) is 3.31. The Bertz CT molecular complexity index is 1080. The molecule has 0 radical (unpaired) electrons. The summed E-state index contributed by atoms with van der Waals surface area (Å²) in [6, 6.07) is 8.78. The van der Waals surface area contributed by atoms with Crippen LogP contribution in [-0.4, -0.2) is 20.8 Å². The molecule has 1 aromatic heterocycles. The lowest BCUT2D eigenvalue weighted by molar-refractivity contribution is -0.383. The number of nitro benzene ring substituents is 1. The molecule has 2 N–H and O–H groups in total. The zero-order valence-corrected chi connectivity index (χ0v) is 13.8. The van der Waals surface area contributed by atoms with Crippen LogP contribution in [0.4, 0.5) is 11.4 Å². The van der Waals surface area contributed by atoms with Gasteiger partial charge >= 0.3 is 0 Å². The third kappa shape index (κ3) is 2.45. The van der Waals surface area contributed by atoms with E-state index in [1.807, 2.05) is 25.1 Å². The second-order valence-corrected chi connectivity index (χ2v) is 6.01. The summed E-state index contributed by atoms with van der Waals surface area (Å²) in [5, 5.41) is 22.5. The SMILES string of the molecule is CC1=CNc2c(cc([N+](=O)[O-])c3[nH]ncc23)C(c2ccccc2Cl)=N1. The number of benzene rings is 2. The number of nitrogens with one attached hydrogen (secondary N) is 2. The van der Waals surface area contributed by atoms with Crippen molar-refractivity contribution >= 4 is 39.6 Å². The van der Waals surface area contributed by atoms with E-state index in [1.54, 1.807) is 18.5 Å². The molecule has 0 unspecified atom stereocenters. The fraction of sp³-hybridized carbons (Fsp3) is 0.0588. The fourth-order valence-electron chi connectivity index (χ4n) is 2.89. The van der Waals surface area contributed by atoms with Gasteiger partial charge in [0.15, 0.2) is 0 Å². The molecule has 2 heterocycles. The maximum Gasteiger partial charge on any atom is 0.295 e. The van der Waals surface area contributed by atoms with Crippen molar-refractivity contribution in [2.45, 2.75) is 6.92 Å². The number of H-pyrrole nitrogens is 1. The van der Waals surface area contributed by atoms with Crippen molar-refractivity contribution in [2.75, 3.05) is 5.32 Å². The first-order chi connectivity index (χ1) is 12.1. The number of hydrogen-bond donors (Lipinski definition) is 2. The van der Waals surface area contributed by atoms with Gasteiger partial charge in [0.1, 0.15) is 5.52 Å². The Morgan fingerprint density at radius 2 is 2.04 bits per heavy atom. The molecule has 1 aliphatic heterocycles. The van der Waals surface area contributed by atoms with Crippen LogP contribution in [0.3, 0.4) is 0 Å². The topological polar surface area (TPSA) is 96.2 Å². The molecule has 0 saturated heterocycles. The minimum absolute atomic E-state index is 0.0626. The van der Waals surface area contributed by atoms with Crippen LogP contribution in [0.25, 0.3) is 10.9 Å². The van der Waals surface area contributed by atoms with Crippen molar-refractivity contribution in [2.24, 2.45) is 4.99 Å². The molecule has 0 atom stereocenters. The summed E-state index contributed by atoms with van der Waals surface area (Å²) in [4.78, 5) is 15.7. The van der Waals surface area contributed by atoms with Crippen LogP contribution in [0.5, 0.6) is 0 Å². The molecule has 124 valence electrons. The van der Waals surface area contributed by atoms with E-state index in [0.29, 0.717) is 38.5 Å². The Kier molecular flexibility index (Phi) is 3.51. The van der Waals surface area contributed by atoms with Crippen LogP contribution in [0.15, 0.2) is 53.4 Å². The van der Waals surface area contributed by atoms with Gasteiger partial charge in [-0.3, -0.25) is 20.2 Å². The van der Waals surface area contributed by atoms with E-state index in [1.165, 1.54) is 6.07 Å². The highest BCUT2D eigenvalue weighted by Crippen LogP contribution is 2.37. The smallest absolute Gasteiger partial charge is 0.295 e. The predicted molar refractivity (Wildman–Crippen MR) is 97.2 cm³/mol. The molecule has 8 heteroatoms. The predicted octanol–water partition coefficient (Wildman–Crippen LogP) is 4.25. The van der Waals surface area contributed by atoms with E-state index in [2.05, 4.69) is 20.5 Å². The molecule has 3 aromatic rings. The maximum atomic E-state index is 11.5. The van der Waals surface area contributed by atoms with Crippen LogP contribution in [0.2, 0.25) is 5.02 Å². The summed E-state index contributed by atoms with van der Waals surface area (Å²) in [5.74, 6) is 0. The highest BCUT2D eigenvalue weighted by atomic mass is 35.5. The van der Waals surface area contributed by atoms with Gasteiger partial charge in [-0.2, -0.15) is 5.10 Å². The molecule has 0 saturated carbocycles. The van der Waals surface area contributed by atoms with E-state index in [-0.39, 0.29) is 5.69 Å². The van der Waals surface area contributed by atoms with Gasteiger partial charge in [-0.25, -0.2) is 0 Å². The summed E-state index contributed by atoms with van der Waals surface area (Å²) in [7, 11) is 0. The second-order valence-electron chi connectivity index (χ2n) is 5.60. The largest absolute Gasteiger partial charge is 0.359 e. The fourth-order valence-corrected chi connectivity index (χ4v) is 3.11. The Hall–Kier alpha value is -3.19. The van der Waals surface area contributed by atoms with E-state index in [9.17, 15) is 10.1 Å².